The minimum atomic E-state index is -3.15. The first-order valence-corrected chi connectivity index (χ1v) is 6.75. The molecule has 5 nitrogen and oxygen atoms in total. The lowest BCUT2D eigenvalue weighted by Crippen LogP contribution is -2.29. The molecule has 0 radical (unpaired) electrons. The van der Waals surface area contributed by atoms with Crippen LogP contribution in [-0.2, 0) is 10.0 Å². The van der Waals surface area contributed by atoms with Gasteiger partial charge in [0.15, 0.2) is 0 Å². The second-order valence-corrected chi connectivity index (χ2v) is 5.29. The van der Waals surface area contributed by atoms with Crippen LogP contribution in [0.5, 0.6) is 0 Å². The molecule has 0 bridgehead atoms. The van der Waals surface area contributed by atoms with E-state index in [0.717, 1.165) is 5.69 Å². The summed E-state index contributed by atoms with van der Waals surface area (Å²) in [5.74, 6) is 0.0607. The number of nitrogens with two attached hydrogens (primary N) is 1. The predicted octanol–water partition coefficient (Wildman–Crippen LogP) is 0.620. The van der Waals surface area contributed by atoms with E-state index in [1.807, 2.05) is 12.1 Å². The zero-order chi connectivity index (χ0) is 12.0. The van der Waals surface area contributed by atoms with Gasteiger partial charge in [0, 0.05) is 24.5 Å². The summed E-state index contributed by atoms with van der Waals surface area (Å²) < 4.78 is 25.0. The molecule has 16 heavy (non-hydrogen) atoms. The highest BCUT2D eigenvalue weighted by atomic mass is 32.2. The Hall–Kier alpha value is -1.27. The number of rotatable bonds is 6. The Bertz CT molecular complexity index is 414. The van der Waals surface area contributed by atoms with E-state index in [-0.39, 0.29) is 5.75 Å². The Kier molecular flexibility index (Phi) is 4.57. The third-order valence-corrected chi connectivity index (χ3v) is 3.44. The van der Waals surface area contributed by atoms with Crippen molar-refractivity contribution in [1.29, 1.82) is 0 Å². The van der Waals surface area contributed by atoms with E-state index >= 15 is 0 Å². The highest BCUT2D eigenvalue weighted by molar-refractivity contribution is 7.89. The molecule has 1 aromatic carbocycles. The molecule has 90 valence electrons. The highest BCUT2D eigenvalue weighted by Gasteiger charge is 2.06. The van der Waals surface area contributed by atoms with Crippen molar-refractivity contribution < 1.29 is 8.42 Å². The Morgan fingerprint density at radius 3 is 2.44 bits per heavy atom. The summed E-state index contributed by atoms with van der Waals surface area (Å²) in [6, 6.07) is 7.16. The number of nitrogen functional groups attached to an aromatic ring is 1. The maximum absolute atomic E-state index is 11.3. The number of anilines is 2. The van der Waals surface area contributed by atoms with E-state index < -0.39 is 10.0 Å². The molecule has 0 aliphatic heterocycles. The molecule has 0 atom stereocenters. The standard InChI is InChI=1S/C10H17N3O2S/c1-2-13-16(14,15)8-7-12-10-5-3-9(11)4-6-10/h3-6,12-13H,2,7-8,11H2,1H3. The Morgan fingerprint density at radius 1 is 1.25 bits per heavy atom. The van der Waals surface area contributed by atoms with Crippen LogP contribution in [0.3, 0.4) is 0 Å². The maximum Gasteiger partial charge on any atom is 0.213 e. The number of benzene rings is 1. The van der Waals surface area contributed by atoms with Gasteiger partial charge in [0.2, 0.25) is 10.0 Å². The van der Waals surface area contributed by atoms with Crippen molar-refractivity contribution in [2.75, 3.05) is 29.9 Å². The van der Waals surface area contributed by atoms with Crippen LogP contribution in [0, 0.1) is 0 Å². The van der Waals surface area contributed by atoms with Crippen LogP contribution in [-0.4, -0.2) is 27.3 Å². The van der Waals surface area contributed by atoms with Crippen LogP contribution >= 0.6 is 0 Å². The fraction of sp³-hybridized carbons (Fsp3) is 0.400. The number of nitrogens with one attached hydrogen (secondary N) is 2. The molecular weight excluding hydrogens is 226 g/mol. The molecule has 1 rings (SSSR count). The van der Waals surface area contributed by atoms with Gasteiger partial charge in [-0.25, -0.2) is 13.1 Å². The van der Waals surface area contributed by atoms with Crippen LogP contribution in [0.4, 0.5) is 11.4 Å². The van der Waals surface area contributed by atoms with Gasteiger partial charge in [0.1, 0.15) is 0 Å². The Balaban J connectivity index is 2.39. The van der Waals surface area contributed by atoms with Gasteiger partial charge in [0.25, 0.3) is 0 Å². The van der Waals surface area contributed by atoms with E-state index in [1.54, 1.807) is 19.1 Å². The first kappa shape index (κ1) is 12.8. The normalized spacial score (nSPS) is 11.3. The van der Waals surface area contributed by atoms with Gasteiger partial charge in [-0.1, -0.05) is 6.92 Å². The molecule has 0 spiro atoms. The molecule has 0 amide bonds. The van der Waals surface area contributed by atoms with Gasteiger partial charge in [-0.15, -0.1) is 0 Å². The summed E-state index contributed by atoms with van der Waals surface area (Å²) in [4.78, 5) is 0. The predicted molar refractivity (Wildman–Crippen MR) is 66.8 cm³/mol. The van der Waals surface area contributed by atoms with Crippen molar-refractivity contribution in [3.63, 3.8) is 0 Å². The molecule has 0 saturated heterocycles. The third kappa shape index (κ3) is 4.50. The summed E-state index contributed by atoms with van der Waals surface area (Å²) in [6.07, 6.45) is 0. The fourth-order valence-electron chi connectivity index (χ4n) is 1.22. The van der Waals surface area contributed by atoms with Crippen LogP contribution in [0.1, 0.15) is 6.92 Å². The van der Waals surface area contributed by atoms with Crippen LogP contribution in [0.2, 0.25) is 0 Å². The van der Waals surface area contributed by atoms with Crippen LogP contribution in [0.15, 0.2) is 24.3 Å². The van der Waals surface area contributed by atoms with Gasteiger partial charge in [-0.2, -0.15) is 0 Å². The molecular formula is C10H17N3O2S. The minimum absolute atomic E-state index is 0.0607. The zero-order valence-corrected chi connectivity index (χ0v) is 10.0. The molecule has 4 N–H and O–H groups in total. The molecule has 1 aromatic rings. The molecule has 0 aliphatic carbocycles. The SMILES string of the molecule is CCNS(=O)(=O)CCNc1ccc(N)cc1. The summed E-state index contributed by atoms with van der Waals surface area (Å²) in [5, 5.41) is 3.01. The van der Waals surface area contributed by atoms with E-state index in [2.05, 4.69) is 10.0 Å². The summed E-state index contributed by atoms with van der Waals surface area (Å²) in [7, 11) is -3.15. The molecule has 0 unspecified atom stereocenters. The van der Waals surface area contributed by atoms with E-state index in [0.29, 0.717) is 18.8 Å². The molecule has 0 aromatic heterocycles. The number of sulfonamides is 1. The number of hydrogen-bond donors (Lipinski definition) is 3. The van der Waals surface area contributed by atoms with E-state index in [1.165, 1.54) is 0 Å². The van der Waals surface area contributed by atoms with Gasteiger partial charge in [-0.05, 0) is 24.3 Å². The molecule has 0 aliphatic rings. The fourth-order valence-corrected chi connectivity index (χ4v) is 2.18. The Labute approximate surface area is 96.1 Å². The highest BCUT2D eigenvalue weighted by Crippen LogP contribution is 2.09. The summed E-state index contributed by atoms with van der Waals surface area (Å²) in [5.41, 5.74) is 7.08. The average molecular weight is 243 g/mol. The summed E-state index contributed by atoms with van der Waals surface area (Å²) in [6.45, 7) is 2.55. The molecule has 0 fully saturated rings. The van der Waals surface area contributed by atoms with Crippen molar-refractivity contribution in [3.05, 3.63) is 24.3 Å². The second-order valence-electron chi connectivity index (χ2n) is 3.37. The minimum Gasteiger partial charge on any atom is -0.399 e. The van der Waals surface area contributed by atoms with Gasteiger partial charge in [-0.3, -0.25) is 0 Å². The topological polar surface area (TPSA) is 84.2 Å². The molecule has 0 heterocycles. The quantitative estimate of drug-likeness (QED) is 0.639. The van der Waals surface area contributed by atoms with E-state index in [9.17, 15) is 8.42 Å². The first-order valence-electron chi connectivity index (χ1n) is 5.10. The van der Waals surface area contributed by atoms with Crippen LogP contribution < -0.4 is 15.8 Å². The van der Waals surface area contributed by atoms with Crippen molar-refractivity contribution in [3.8, 4) is 0 Å². The Morgan fingerprint density at radius 2 is 1.88 bits per heavy atom. The zero-order valence-electron chi connectivity index (χ0n) is 9.23. The van der Waals surface area contributed by atoms with Crippen molar-refractivity contribution in [2.24, 2.45) is 0 Å². The monoisotopic (exact) mass is 243 g/mol. The maximum atomic E-state index is 11.3. The van der Waals surface area contributed by atoms with Crippen molar-refractivity contribution in [2.45, 2.75) is 6.92 Å². The smallest absolute Gasteiger partial charge is 0.213 e. The van der Waals surface area contributed by atoms with Crippen LogP contribution in [0.25, 0.3) is 0 Å². The first-order chi connectivity index (χ1) is 7.53. The summed E-state index contributed by atoms with van der Waals surface area (Å²) >= 11 is 0. The van der Waals surface area contributed by atoms with Gasteiger partial charge < -0.3 is 11.1 Å². The average Bonchev–Trinajstić information content (AvgIpc) is 2.20. The lowest BCUT2D eigenvalue weighted by molar-refractivity contribution is 0.584. The van der Waals surface area contributed by atoms with Gasteiger partial charge in [0.05, 0.1) is 5.75 Å². The van der Waals surface area contributed by atoms with Crippen molar-refractivity contribution in [1.82, 2.24) is 4.72 Å². The third-order valence-electron chi connectivity index (χ3n) is 1.97. The number of hydrogen-bond acceptors (Lipinski definition) is 4. The van der Waals surface area contributed by atoms with E-state index in [4.69, 9.17) is 5.73 Å². The molecule has 6 heteroatoms. The largest absolute Gasteiger partial charge is 0.399 e. The lowest BCUT2D eigenvalue weighted by atomic mass is 10.3. The van der Waals surface area contributed by atoms with Gasteiger partial charge >= 0.3 is 0 Å². The second kappa shape index (κ2) is 5.72. The molecule has 0 saturated carbocycles. The lowest BCUT2D eigenvalue weighted by Gasteiger charge is -2.07. The van der Waals surface area contributed by atoms with Crippen molar-refractivity contribution >= 4 is 21.4 Å².